The number of hydrogen-bond acceptors (Lipinski definition) is 2. The SMILES string of the molecule is O=C(CCc1c[nH]c2ccccc12)N1CCCC(CO)C1. The number of aromatic amines is 1. The Balaban J connectivity index is 1.60. The van der Waals surface area contributed by atoms with Crippen molar-refractivity contribution in [1.29, 1.82) is 0 Å². The lowest BCUT2D eigenvalue weighted by atomic mass is 9.98. The molecule has 1 atom stereocenters. The fourth-order valence-electron chi connectivity index (χ4n) is 3.18. The predicted octanol–water partition coefficient (Wildman–Crippen LogP) is 2.33. The summed E-state index contributed by atoms with van der Waals surface area (Å²) in [4.78, 5) is 17.5. The van der Waals surface area contributed by atoms with Crippen molar-refractivity contribution in [2.75, 3.05) is 19.7 Å². The van der Waals surface area contributed by atoms with Crippen molar-refractivity contribution in [3.8, 4) is 0 Å². The molecule has 21 heavy (non-hydrogen) atoms. The number of amides is 1. The lowest BCUT2D eigenvalue weighted by molar-refractivity contribution is -0.133. The van der Waals surface area contributed by atoms with Gasteiger partial charge in [-0.15, -0.1) is 0 Å². The Kier molecular flexibility index (Phi) is 4.25. The first-order valence-electron chi connectivity index (χ1n) is 7.71. The van der Waals surface area contributed by atoms with Crippen LogP contribution >= 0.6 is 0 Å². The first-order chi connectivity index (χ1) is 10.3. The number of aliphatic hydroxyl groups excluding tert-OH is 1. The van der Waals surface area contributed by atoms with E-state index in [9.17, 15) is 9.90 Å². The van der Waals surface area contributed by atoms with Gasteiger partial charge in [0.1, 0.15) is 0 Å². The molecule has 1 aliphatic heterocycles. The van der Waals surface area contributed by atoms with Crippen LogP contribution in [0, 0.1) is 5.92 Å². The van der Waals surface area contributed by atoms with Crippen LogP contribution in [0.1, 0.15) is 24.8 Å². The number of piperidine rings is 1. The van der Waals surface area contributed by atoms with E-state index >= 15 is 0 Å². The molecule has 1 aromatic heterocycles. The van der Waals surface area contributed by atoms with Crippen LogP contribution < -0.4 is 0 Å². The van der Waals surface area contributed by atoms with Crippen molar-refractivity contribution in [2.45, 2.75) is 25.7 Å². The van der Waals surface area contributed by atoms with Gasteiger partial charge in [0.05, 0.1) is 0 Å². The van der Waals surface area contributed by atoms with E-state index in [1.54, 1.807) is 0 Å². The van der Waals surface area contributed by atoms with Crippen LogP contribution in [0.2, 0.25) is 0 Å². The second-order valence-corrected chi connectivity index (χ2v) is 5.89. The molecule has 2 aromatic rings. The summed E-state index contributed by atoms with van der Waals surface area (Å²) < 4.78 is 0. The fraction of sp³-hybridized carbons (Fsp3) is 0.471. The third kappa shape index (κ3) is 3.10. The molecule has 1 unspecified atom stereocenters. The molecule has 1 fully saturated rings. The van der Waals surface area contributed by atoms with Crippen LogP contribution in [0.5, 0.6) is 0 Å². The zero-order chi connectivity index (χ0) is 14.7. The topological polar surface area (TPSA) is 56.3 Å². The van der Waals surface area contributed by atoms with Gasteiger partial charge in [-0.1, -0.05) is 18.2 Å². The minimum absolute atomic E-state index is 0.187. The molecular weight excluding hydrogens is 264 g/mol. The molecular formula is C17H22N2O2. The Labute approximate surface area is 124 Å². The minimum atomic E-state index is 0.187. The molecule has 1 saturated heterocycles. The molecule has 3 rings (SSSR count). The Morgan fingerprint density at radius 1 is 1.38 bits per heavy atom. The van der Waals surface area contributed by atoms with Gasteiger partial charge >= 0.3 is 0 Å². The number of nitrogens with one attached hydrogen (secondary N) is 1. The monoisotopic (exact) mass is 286 g/mol. The lowest BCUT2D eigenvalue weighted by Crippen LogP contribution is -2.41. The van der Waals surface area contributed by atoms with Crippen LogP contribution in [0.4, 0.5) is 0 Å². The zero-order valence-electron chi connectivity index (χ0n) is 12.2. The quantitative estimate of drug-likeness (QED) is 0.906. The summed E-state index contributed by atoms with van der Waals surface area (Å²) >= 11 is 0. The van der Waals surface area contributed by atoms with E-state index in [0.29, 0.717) is 13.0 Å². The summed E-state index contributed by atoms with van der Waals surface area (Å²) in [5.74, 6) is 0.467. The van der Waals surface area contributed by atoms with Gasteiger partial charge < -0.3 is 15.0 Å². The van der Waals surface area contributed by atoms with Gasteiger partial charge in [-0.2, -0.15) is 0 Å². The molecule has 4 nitrogen and oxygen atoms in total. The van der Waals surface area contributed by atoms with Gasteiger partial charge in [0.25, 0.3) is 0 Å². The van der Waals surface area contributed by atoms with Gasteiger partial charge in [0.15, 0.2) is 0 Å². The summed E-state index contributed by atoms with van der Waals surface area (Å²) in [6.45, 7) is 1.73. The normalized spacial score (nSPS) is 19.1. The molecule has 112 valence electrons. The minimum Gasteiger partial charge on any atom is -0.396 e. The van der Waals surface area contributed by atoms with Gasteiger partial charge in [-0.05, 0) is 36.8 Å². The van der Waals surface area contributed by atoms with Gasteiger partial charge in [-0.3, -0.25) is 4.79 Å². The number of rotatable bonds is 4. The Bertz CT molecular complexity index is 620. The summed E-state index contributed by atoms with van der Waals surface area (Å²) in [5.41, 5.74) is 2.33. The maximum atomic E-state index is 12.3. The molecule has 0 radical (unpaired) electrons. The molecule has 2 heterocycles. The van der Waals surface area contributed by atoms with Gasteiger partial charge in [0.2, 0.25) is 5.91 Å². The molecule has 0 aliphatic carbocycles. The van der Waals surface area contributed by atoms with Gasteiger partial charge in [0, 0.05) is 43.2 Å². The third-order valence-corrected chi connectivity index (χ3v) is 4.41. The standard InChI is InChI=1S/C17H22N2O2/c20-12-13-4-3-9-19(11-13)17(21)8-7-14-10-18-16-6-2-1-5-15(14)16/h1-2,5-6,10,13,18,20H,3-4,7-9,11-12H2. The molecule has 0 saturated carbocycles. The number of benzene rings is 1. The van der Waals surface area contributed by atoms with Crippen LogP contribution in [0.3, 0.4) is 0 Å². The van der Waals surface area contributed by atoms with Gasteiger partial charge in [-0.25, -0.2) is 0 Å². The van der Waals surface area contributed by atoms with E-state index in [2.05, 4.69) is 17.1 Å². The number of para-hydroxylation sites is 1. The summed E-state index contributed by atoms with van der Waals surface area (Å²) in [5, 5.41) is 10.5. The number of carbonyl (C=O) groups is 1. The summed E-state index contributed by atoms with van der Waals surface area (Å²) in [6, 6.07) is 8.18. The number of carbonyl (C=O) groups excluding carboxylic acids is 1. The Morgan fingerprint density at radius 2 is 2.24 bits per heavy atom. The first-order valence-corrected chi connectivity index (χ1v) is 7.71. The molecule has 2 N–H and O–H groups in total. The molecule has 0 spiro atoms. The maximum absolute atomic E-state index is 12.3. The van der Waals surface area contributed by atoms with Crippen LogP contribution in [-0.4, -0.2) is 40.6 Å². The zero-order valence-corrected chi connectivity index (χ0v) is 12.2. The predicted molar refractivity (Wildman–Crippen MR) is 83.0 cm³/mol. The summed E-state index contributed by atoms with van der Waals surface area (Å²) in [7, 11) is 0. The van der Waals surface area contributed by atoms with E-state index in [4.69, 9.17) is 0 Å². The van der Waals surface area contributed by atoms with Crippen molar-refractivity contribution in [1.82, 2.24) is 9.88 Å². The van der Waals surface area contributed by atoms with E-state index in [1.165, 1.54) is 10.9 Å². The maximum Gasteiger partial charge on any atom is 0.222 e. The smallest absolute Gasteiger partial charge is 0.222 e. The van der Waals surface area contributed by atoms with Crippen LogP contribution in [0.25, 0.3) is 10.9 Å². The third-order valence-electron chi connectivity index (χ3n) is 4.41. The number of likely N-dealkylation sites (tertiary alicyclic amines) is 1. The number of fused-ring (bicyclic) bond motifs is 1. The highest BCUT2D eigenvalue weighted by atomic mass is 16.3. The second-order valence-electron chi connectivity index (χ2n) is 5.89. The van der Waals surface area contributed by atoms with Crippen LogP contribution in [-0.2, 0) is 11.2 Å². The summed E-state index contributed by atoms with van der Waals surface area (Å²) in [6.07, 6.45) is 5.35. The van der Waals surface area contributed by atoms with Crippen molar-refractivity contribution in [3.05, 3.63) is 36.0 Å². The van der Waals surface area contributed by atoms with Crippen molar-refractivity contribution >= 4 is 16.8 Å². The van der Waals surface area contributed by atoms with Crippen molar-refractivity contribution in [2.24, 2.45) is 5.92 Å². The Morgan fingerprint density at radius 3 is 3.10 bits per heavy atom. The molecule has 0 bridgehead atoms. The highest BCUT2D eigenvalue weighted by Crippen LogP contribution is 2.21. The number of H-pyrrole nitrogens is 1. The van der Waals surface area contributed by atoms with Crippen molar-refractivity contribution < 1.29 is 9.90 Å². The van der Waals surface area contributed by atoms with Crippen LogP contribution in [0.15, 0.2) is 30.5 Å². The van der Waals surface area contributed by atoms with E-state index in [-0.39, 0.29) is 18.4 Å². The van der Waals surface area contributed by atoms with E-state index in [1.807, 2.05) is 23.2 Å². The highest BCUT2D eigenvalue weighted by Gasteiger charge is 2.22. The van der Waals surface area contributed by atoms with Crippen molar-refractivity contribution in [3.63, 3.8) is 0 Å². The molecule has 1 aromatic carbocycles. The lowest BCUT2D eigenvalue weighted by Gasteiger charge is -2.31. The second kappa shape index (κ2) is 6.31. The largest absolute Gasteiger partial charge is 0.396 e. The van der Waals surface area contributed by atoms with E-state index in [0.717, 1.165) is 31.3 Å². The average Bonchev–Trinajstić information content (AvgIpc) is 2.96. The Hall–Kier alpha value is -1.81. The number of aryl methyl sites for hydroxylation is 1. The highest BCUT2D eigenvalue weighted by molar-refractivity contribution is 5.84. The number of aliphatic hydroxyl groups is 1. The molecule has 1 amide bonds. The molecule has 1 aliphatic rings. The number of nitrogens with zero attached hydrogens (tertiary/aromatic N) is 1. The first kappa shape index (κ1) is 14.1. The number of hydrogen-bond donors (Lipinski definition) is 2. The average molecular weight is 286 g/mol. The fourth-order valence-corrected chi connectivity index (χ4v) is 3.18. The van der Waals surface area contributed by atoms with E-state index < -0.39 is 0 Å². The molecule has 4 heteroatoms. The number of aromatic nitrogens is 1.